The van der Waals surface area contributed by atoms with Crippen LogP contribution in [0.1, 0.15) is 52.2 Å². The second-order valence-electron chi connectivity index (χ2n) is 9.80. The molecule has 0 bridgehead atoms. The van der Waals surface area contributed by atoms with E-state index in [1.807, 2.05) is 42.5 Å². The number of hydrazone groups is 1. The zero-order valence-corrected chi connectivity index (χ0v) is 19.4. The van der Waals surface area contributed by atoms with E-state index < -0.39 is 42.0 Å². The van der Waals surface area contributed by atoms with Crippen LogP contribution in [-0.4, -0.2) is 40.2 Å². The largest absolute Gasteiger partial charge is 0.484 e. The van der Waals surface area contributed by atoms with Gasteiger partial charge in [0, 0.05) is 17.3 Å². The van der Waals surface area contributed by atoms with Crippen LogP contribution < -0.4 is 4.74 Å². The second-order valence-corrected chi connectivity index (χ2v) is 9.80. The van der Waals surface area contributed by atoms with Crippen molar-refractivity contribution in [3.8, 4) is 5.75 Å². The van der Waals surface area contributed by atoms with Gasteiger partial charge in [0.2, 0.25) is 0 Å². The number of halogens is 3. The van der Waals surface area contributed by atoms with E-state index in [0.29, 0.717) is 10.8 Å². The second kappa shape index (κ2) is 8.48. The van der Waals surface area contributed by atoms with E-state index >= 15 is 0 Å². The van der Waals surface area contributed by atoms with Crippen LogP contribution in [0.2, 0.25) is 0 Å². The van der Waals surface area contributed by atoms with Gasteiger partial charge in [-0.2, -0.15) is 23.3 Å². The molecular weight excluding hydrogens is 433 g/mol. The van der Waals surface area contributed by atoms with Gasteiger partial charge >= 0.3 is 6.18 Å². The van der Waals surface area contributed by atoms with Crippen molar-refractivity contribution in [3.63, 3.8) is 0 Å². The van der Waals surface area contributed by atoms with Crippen LogP contribution in [0.15, 0.2) is 59.7 Å². The van der Waals surface area contributed by atoms with E-state index in [-0.39, 0.29) is 5.41 Å². The highest BCUT2D eigenvalue weighted by atomic mass is 19.4. The van der Waals surface area contributed by atoms with Crippen molar-refractivity contribution >= 4 is 11.6 Å². The van der Waals surface area contributed by atoms with Crippen LogP contribution in [0.3, 0.4) is 0 Å². The molecular formula is C25H29F3N2O3. The molecule has 1 unspecified atom stereocenters. The summed E-state index contributed by atoms with van der Waals surface area (Å²) in [5, 5.41) is 14.9. The fourth-order valence-corrected chi connectivity index (χ4v) is 3.74. The highest BCUT2D eigenvalue weighted by Crippen LogP contribution is 2.43. The smallest absolute Gasteiger partial charge is 0.431 e. The summed E-state index contributed by atoms with van der Waals surface area (Å²) >= 11 is 0. The van der Waals surface area contributed by atoms with Crippen LogP contribution in [0.4, 0.5) is 13.2 Å². The molecule has 5 nitrogen and oxygen atoms in total. The van der Waals surface area contributed by atoms with E-state index in [0.717, 1.165) is 11.1 Å². The van der Waals surface area contributed by atoms with Gasteiger partial charge in [0.1, 0.15) is 11.5 Å². The summed E-state index contributed by atoms with van der Waals surface area (Å²) in [6, 6.07) is 17.2. The maximum Gasteiger partial charge on any atom is 0.431 e. The molecule has 1 N–H and O–H groups in total. The topological polar surface area (TPSA) is 62.1 Å². The number of hydrogen-bond donors (Lipinski definition) is 1. The van der Waals surface area contributed by atoms with Crippen molar-refractivity contribution in [1.29, 1.82) is 0 Å². The fourth-order valence-electron chi connectivity index (χ4n) is 3.74. The minimum Gasteiger partial charge on any atom is -0.484 e. The van der Waals surface area contributed by atoms with E-state index in [1.165, 1.54) is 0 Å². The maximum absolute atomic E-state index is 13.2. The number of rotatable bonds is 5. The molecule has 1 aliphatic rings. The minimum atomic E-state index is -4.74. The van der Waals surface area contributed by atoms with Crippen LogP contribution in [0.25, 0.3) is 0 Å². The van der Waals surface area contributed by atoms with E-state index in [9.17, 15) is 23.1 Å². The normalized spacial score (nSPS) is 19.4. The quantitative estimate of drug-likeness (QED) is 0.658. The Morgan fingerprint density at radius 1 is 1.00 bits per heavy atom. The summed E-state index contributed by atoms with van der Waals surface area (Å²) in [6.45, 7) is 8.29. The van der Waals surface area contributed by atoms with Crippen molar-refractivity contribution < 1.29 is 27.8 Å². The van der Waals surface area contributed by atoms with Crippen molar-refractivity contribution in [2.24, 2.45) is 10.5 Å². The highest BCUT2D eigenvalue weighted by molar-refractivity contribution is 5.94. The van der Waals surface area contributed by atoms with Gasteiger partial charge in [-0.25, -0.2) is 0 Å². The molecule has 0 aromatic heterocycles. The van der Waals surface area contributed by atoms with Crippen molar-refractivity contribution in [2.75, 3.05) is 6.61 Å². The van der Waals surface area contributed by atoms with Crippen molar-refractivity contribution in [1.82, 2.24) is 5.01 Å². The molecule has 1 amide bonds. The average Bonchev–Trinajstić information content (AvgIpc) is 3.12. The first-order chi connectivity index (χ1) is 15.2. The molecule has 178 valence electrons. The van der Waals surface area contributed by atoms with E-state index in [1.54, 1.807) is 32.9 Å². The molecule has 1 aliphatic heterocycles. The van der Waals surface area contributed by atoms with Crippen LogP contribution in [0, 0.1) is 5.41 Å². The van der Waals surface area contributed by atoms with E-state index in [4.69, 9.17) is 4.74 Å². The number of nitrogens with zero attached hydrogens (tertiary/aromatic N) is 2. The van der Waals surface area contributed by atoms with Crippen LogP contribution in [0.5, 0.6) is 5.75 Å². The van der Waals surface area contributed by atoms with Crippen molar-refractivity contribution in [2.45, 2.75) is 58.4 Å². The Hall–Kier alpha value is -2.87. The Morgan fingerprint density at radius 3 is 2.06 bits per heavy atom. The maximum atomic E-state index is 13.2. The van der Waals surface area contributed by atoms with Gasteiger partial charge in [0.15, 0.2) is 12.3 Å². The van der Waals surface area contributed by atoms with Crippen LogP contribution >= 0.6 is 0 Å². The Bertz CT molecular complexity index is 1030. The number of amides is 1. The van der Waals surface area contributed by atoms with Gasteiger partial charge in [0.25, 0.3) is 5.91 Å². The lowest BCUT2D eigenvalue weighted by molar-refractivity contribution is -0.183. The number of hydrogen-bond acceptors (Lipinski definition) is 4. The molecule has 0 spiro atoms. The van der Waals surface area contributed by atoms with Gasteiger partial charge in [-0.1, -0.05) is 77.1 Å². The average molecular weight is 463 g/mol. The number of carbonyl (C=O) groups is 1. The first kappa shape index (κ1) is 24.8. The predicted molar refractivity (Wildman–Crippen MR) is 120 cm³/mol. The standard InChI is InChI=1S/C25H29F3N2O3/c1-22(2,3)24(32)15-20(25(26,27)28)29-30(24)21(31)16-33-19-13-11-18(12-14-19)23(4,5)17-9-7-6-8-10-17/h6-14,32H,15-16H2,1-5H3. The molecule has 1 atom stereocenters. The highest BCUT2D eigenvalue weighted by Gasteiger charge is 2.57. The Kier molecular flexibility index (Phi) is 6.37. The molecule has 0 aliphatic carbocycles. The van der Waals surface area contributed by atoms with Gasteiger partial charge in [0.05, 0.1) is 0 Å². The SMILES string of the molecule is CC(C)(c1ccccc1)c1ccc(OCC(=O)N2N=C(C(F)(F)F)CC2(O)C(C)(C)C)cc1. The van der Waals surface area contributed by atoms with Crippen LogP contribution in [-0.2, 0) is 10.2 Å². The third-order valence-corrected chi connectivity index (χ3v) is 6.18. The van der Waals surface area contributed by atoms with Crippen molar-refractivity contribution in [3.05, 3.63) is 65.7 Å². The van der Waals surface area contributed by atoms with Gasteiger partial charge in [-0.3, -0.25) is 4.79 Å². The monoisotopic (exact) mass is 462 g/mol. The molecule has 8 heteroatoms. The van der Waals surface area contributed by atoms with Gasteiger partial charge in [-0.05, 0) is 23.3 Å². The van der Waals surface area contributed by atoms with Gasteiger partial charge in [-0.15, -0.1) is 0 Å². The number of ether oxygens (including phenoxy) is 1. The zero-order valence-electron chi connectivity index (χ0n) is 19.4. The molecule has 1 heterocycles. The molecule has 2 aromatic carbocycles. The van der Waals surface area contributed by atoms with Gasteiger partial charge < -0.3 is 9.84 Å². The third kappa shape index (κ3) is 4.90. The molecule has 33 heavy (non-hydrogen) atoms. The predicted octanol–water partition coefficient (Wildman–Crippen LogP) is 5.28. The number of aliphatic hydroxyl groups is 1. The third-order valence-electron chi connectivity index (χ3n) is 6.18. The Labute approximate surface area is 191 Å². The lowest BCUT2D eigenvalue weighted by atomic mass is 9.78. The Balaban J connectivity index is 1.74. The lowest BCUT2D eigenvalue weighted by Crippen LogP contribution is -2.56. The summed E-state index contributed by atoms with van der Waals surface area (Å²) in [7, 11) is 0. The summed E-state index contributed by atoms with van der Waals surface area (Å²) in [5.41, 5.74) is -2.44. The number of alkyl halides is 3. The summed E-state index contributed by atoms with van der Waals surface area (Å²) in [4.78, 5) is 12.7. The molecule has 3 rings (SSSR count). The summed E-state index contributed by atoms with van der Waals surface area (Å²) in [5.74, 6) is -0.477. The number of carbonyl (C=O) groups excluding carboxylic acids is 1. The zero-order chi connectivity index (χ0) is 24.7. The minimum absolute atomic E-state index is 0.253. The summed E-state index contributed by atoms with van der Waals surface area (Å²) in [6.07, 6.45) is -5.54. The first-order valence-corrected chi connectivity index (χ1v) is 10.7. The molecule has 0 fully saturated rings. The molecule has 0 saturated carbocycles. The lowest BCUT2D eigenvalue weighted by Gasteiger charge is -2.41. The Morgan fingerprint density at radius 2 is 1.55 bits per heavy atom. The summed E-state index contributed by atoms with van der Waals surface area (Å²) < 4.78 is 45.2. The fraction of sp³-hybridized carbons (Fsp3) is 0.440. The molecule has 0 radical (unpaired) electrons. The number of benzene rings is 2. The first-order valence-electron chi connectivity index (χ1n) is 10.7. The molecule has 2 aromatic rings. The van der Waals surface area contributed by atoms with E-state index in [2.05, 4.69) is 18.9 Å². The molecule has 0 saturated heterocycles.